The van der Waals surface area contributed by atoms with Crippen molar-refractivity contribution in [3.05, 3.63) is 23.8 Å². The highest BCUT2D eigenvalue weighted by molar-refractivity contribution is 5.95. The lowest BCUT2D eigenvalue weighted by Crippen LogP contribution is -3.13. The summed E-state index contributed by atoms with van der Waals surface area (Å²) in [5.74, 6) is -1.31. The standard InChI is InChI=1S/C7H8N2O2.C6H15NO3/c8-5-3-1-2-4(6(5)9)7(10)11;8-4-1-7(2-5-9)3-6-10/h1-3H,8-9H2,(H,10,11);8-10H,1-6H2. The number of carbonyl (C=O) groups is 1. The monoisotopic (exact) mass is 301 g/mol. The number of para-hydroxylation sites is 1. The topological polar surface area (TPSA) is 157 Å². The number of nitrogen functional groups attached to an aromatic ring is 2. The van der Waals surface area contributed by atoms with E-state index < -0.39 is 5.97 Å². The van der Waals surface area contributed by atoms with Gasteiger partial charge in [0.05, 0.1) is 37.2 Å². The van der Waals surface area contributed by atoms with Gasteiger partial charge in [0.1, 0.15) is 19.6 Å². The molecule has 0 aliphatic heterocycles. The lowest BCUT2D eigenvalue weighted by atomic mass is 10.1. The van der Waals surface area contributed by atoms with Crippen molar-refractivity contribution in [2.24, 2.45) is 0 Å². The molecule has 0 fully saturated rings. The molecule has 0 radical (unpaired) electrons. The Morgan fingerprint density at radius 3 is 1.86 bits per heavy atom. The lowest BCUT2D eigenvalue weighted by molar-refractivity contribution is -0.901. The Kier molecular flexibility index (Phi) is 9.90. The first kappa shape index (κ1) is 19.1. The van der Waals surface area contributed by atoms with E-state index in [0.29, 0.717) is 19.6 Å². The summed E-state index contributed by atoms with van der Waals surface area (Å²) in [6.07, 6.45) is 0. The number of nitrogens with one attached hydrogen (secondary N) is 1. The van der Waals surface area contributed by atoms with Gasteiger partial charge in [-0.1, -0.05) is 12.1 Å². The zero-order chi connectivity index (χ0) is 16.3. The van der Waals surface area contributed by atoms with Crippen LogP contribution in [0.15, 0.2) is 18.2 Å². The molecular weight excluding hydrogens is 278 g/mol. The van der Waals surface area contributed by atoms with Gasteiger partial charge in [0.2, 0.25) is 0 Å². The molecule has 1 rings (SSSR count). The summed E-state index contributed by atoms with van der Waals surface area (Å²) in [6.45, 7) is 2.11. The highest BCUT2D eigenvalue weighted by Crippen LogP contribution is 2.17. The minimum Gasteiger partial charge on any atom is -0.545 e. The predicted molar refractivity (Wildman–Crippen MR) is 76.4 cm³/mol. The molecule has 21 heavy (non-hydrogen) atoms. The zero-order valence-electron chi connectivity index (χ0n) is 11.8. The van der Waals surface area contributed by atoms with Crippen LogP contribution in [0.4, 0.5) is 11.4 Å². The van der Waals surface area contributed by atoms with Crippen LogP contribution in [0.1, 0.15) is 10.4 Å². The number of hydrogen-bond donors (Lipinski definition) is 6. The molecule has 0 spiro atoms. The predicted octanol–water partition coefficient (Wildman–Crippen LogP) is -3.94. The van der Waals surface area contributed by atoms with Crippen molar-refractivity contribution >= 4 is 17.3 Å². The Morgan fingerprint density at radius 2 is 1.52 bits per heavy atom. The van der Waals surface area contributed by atoms with E-state index in [0.717, 1.165) is 4.90 Å². The van der Waals surface area contributed by atoms with E-state index in [1.807, 2.05) is 0 Å². The van der Waals surface area contributed by atoms with Gasteiger partial charge in [-0.2, -0.15) is 0 Å². The Balaban J connectivity index is 0.000000384. The summed E-state index contributed by atoms with van der Waals surface area (Å²) in [6, 6.07) is 4.39. The molecule has 1 aromatic carbocycles. The molecule has 0 unspecified atom stereocenters. The van der Waals surface area contributed by atoms with Crippen molar-refractivity contribution in [2.75, 3.05) is 50.9 Å². The molecule has 8 N–H and O–H groups in total. The molecule has 8 heteroatoms. The average Bonchev–Trinajstić information content (AvgIpc) is 2.43. The minimum absolute atomic E-state index is 0.0625. The fourth-order valence-corrected chi connectivity index (χ4v) is 1.61. The molecule has 0 atom stereocenters. The number of carbonyl (C=O) groups excluding carboxylic acids is 1. The van der Waals surface area contributed by atoms with Gasteiger partial charge in [-0.15, -0.1) is 0 Å². The number of rotatable bonds is 7. The number of aromatic carboxylic acids is 1. The van der Waals surface area contributed by atoms with Crippen LogP contribution in [0.3, 0.4) is 0 Å². The summed E-state index contributed by atoms with van der Waals surface area (Å²) in [7, 11) is 0. The Hall–Kier alpha value is -1.87. The van der Waals surface area contributed by atoms with Gasteiger partial charge >= 0.3 is 0 Å². The summed E-state index contributed by atoms with van der Waals surface area (Å²) in [4.78, 5) is 11.4. The number of carboxylic acid groups (broad SMARTS) is 1. The van der Waals surface area contributed by atoms with Crippen LogP contribution in [0.25, 0.3) is 0 Å². The highest BCUT2D eigenvalue weighted by Gasteiger charge is 2.04. The second-order valence-corrected chi connectivity index (χ2v) is 4.27. The first-order valence-electron chi connectivity index (χ1n) is 6.49. The molecule has 0 amide bonds. The van der Waals surface area contributed by atoms with E-state index in [1.165, 1.54) is 18.2 Å². The zero-order valence-corrected chi connectivity index (χ0v) is 11.8. The van der Waals surface area contributed by atoms with Crippen molar-refractivity contribution in [3.63, 3.8) is 0 Å². The van der Waals surface area contributed by atoms with Gasteiger partial charge in [0, 0.05) is 5.56 Å². The molecule has 0 saturated carbocycles. The van der Waals surface area contributed by atoms with E-state index in [9.17, 15) is 9.90 Å². The maximum Gasteiger partial charge on any atom is 0.101 e. The van der Waals surface area contributed by atoms with E-state index in [2.05, 4.69) is 0 Å². The number of benzene rings is 1. The van der Waals surface area contributed by atoms with Crippen molar-refractivity contribution in [3.8, 4) is 0 Å². The molecule has 0 aromatic heterocycles. The maximum absolute atomic E-state index is 10.3. The SMILES string of the molecule is Nc1cccc(C(=O)[O-])c1N.OCC[NH+](CCO)CCO. The van der Waals surface area contributed by atoms with Gasteiger partial charge in [-0.3, -0.25) is 0 Å². The molecule has 0 heterocycles. The quantitative estimate of drug-likeness (QED) is 0.281. The fraction of sp³-hybridized carbons (Fsp3) is 0.462. The number of aliphatic hydroxyl groups excluding tert-OH is 3. The number of carboxylic acids is 1. The molecular formula is C13H23N3O5. The van der Waals surface area contributed by atoms with Crippen LogP contribution in [0.5, 0.6) is 0 Å². The number of quaternary nitrogens is 1. The van der Waals surface area contributed by atoms with Crippen molar-refractivity contribution in [1.82, 2.24) is 0 Å². The molecule has 0 aliphatic rings. The van der Waals surface area contributed by atoms with Crippen molar-refractivity contribution in [1.29, 1.82) is 0 Å². The van der Waals surface area contributed by atoms with Crippen LogP contribution in [0.2, 0.25) is 0 Å². The van der Waals surface area contributed by atoms with Gasteiger partial charge in [-0.25, -0.2) is 0 Å². The molecule has 0 aliphatic carbocycles. The van der Waals surface area contributed by atoms with Crippen LogP contribution in [-0.4, -0.2) is 60.7 Å². The third-order valence-electron chi connectivity index (χ3n) is 2.76. The summed E-state index contributed by atoms with van der Waals surface area (Å²) in [5.41, 5.74) is 10.9. The van der Waals surface area contributed by atoms with E-state index in [-0.39, 0.29) is 36.8 Å². The fourth-order valence-electron chi connectivity index (χ4n) is 1.61. The summed E-state index contributed by atoms with van der Waals surface area (Å²) < 4.78 is 0. The number of aliphatic hydroxyl groups is 3. The summed E-state index contributed by atoms with van der Waals surface area (Å²) in [5, 5.41) is 35.8. The highest BCUT2D eigenvalue weighted by atomic mass is 16.4. The summed E-state index contributed by atoms with van der Waals surface area (Å²) >= 11 is 0. The van der Waals surface area contributed by atoms with Crippen LogP contribution < -0.4 is 21.5 Å². The van der Waals surface area contributed by atoms with Gasteiger partial charge < -0.3 is 41.6 Å². The van der Waals surface area contributed by atoms with Crippen LogP contribution in [-0.2, 0) is 0 Å². The Bertz CT molecular complexity index is 414. The Labute approximate surface area is 123 Å². The third-order valence-corrected chi connectivity index (χ3v) is 2.76. The lowest BCUT2D eigenvalue weighted by Gasteiger charge is -2.15. The second-order valence-electron chi connectivity index (χ2n) is 4.27. The van der Waals surface area contributed by atoms with Gasteiger partial charge in [0.15, 0.2) is 0 Å². The Morgan fingerprint density at radius 1 is 1.05 bits per heavy atom. The van der Waals surface area contributed by atoms with Crippen molar-refractivity contribution in [2.45, 2.75) is 0 Å². The molecule has 1 aromatic rings. The van der Waals surface area contributed by atoms with Crippen LogP contribution >= 0.6 is 0 Å². The van der Waals surface area contributed by atoms with E-state index in [1.54, 1.807) is 0 Å². The normalized spacial score (nSPS) is 10.1. The first-order chi connectivity index (χ1) is 9.97. The molecule has 8 nitrogen and oxygen atoms in total. The van der Waals surface area contributed by atoms with E-state index in [4.69, 9.17) is 26.8 Å². The smallest absolute Gasteiger partial charge is 0.101 e. The molecule has 0 saturated heterocycles. The first-order valence-corrected chi connectivity index (χ1v) is 6.49. The van der Waals surface area contributed by atoms with E-state index >= 15 is 0 Å². The third kappa shape index (κ3) is 7.47. The van der Waals surface area contributed by atoms with Gasteiger partial charge in [0.25, 0.3) is 0 Å². The molecule has 120 valence electrons. The number of nitrogens with two attached hydrogens (primary N) is 2. The number of anilines is 2. The maximum atomic E-state index is 10.3. The van der Waals surface area contributed by atoms with Crippen LogP contribution in [0, 0.1) is 0 Å². The molecule has 0 bridgehead atoms. The largest absolute Gasteiger partial charge is 0.545 e. The van der Waals surface area contributed by atoms with Gasteiger partial charge in [-0.05, 0) is 6.07 Å². The van der Waals surface area contributed by atoms with Crippen molar-refractivity contribution < 1.29 is 30.1 Å². The minimum atomic E-state index is -1.31. The average molecular weight is 301 g/mol. The second kappa shape index (κ2) is 10.9. The number of hydrogen-bond acceptors (Lipinski definition) is 7.